The van der Waals surface area contributed by atoms with Crippen molar-refractivity contribution in [2.75, 3.05) is 12.4 Å². The largest absolute Gasteiger partial charge is 0.496 e. The van der Waals surface area contributed by atoms with Gasteiger partial charge in [-0.25, -0.2) is 4.98 Å². The molecule has 1 amide bonds. The lowest BCUT2D eigenvalue weighted by Crippen LogP contribution is -2.16. The third-order valence-electron chi connectivity index (χ3n) is 5.48. The summed E-state index contributed by atoms with van der Waals surface area (Å²) in [6.07, 6.45) is -2.12. The maximum absolute atomic E-state index is 13.4. The Morgan fingerprint density at radius 1 is 0.973 bits per heavy atom. The fourth-order valence-electron chi connectivity index (χ4n) is 3.72. The van der Waals surface area contributed by atoms with Crippen LogP contribution in [0.15, 0.2) is 73.1 Å². The number of pyridine rings is 2. The second kappa shape index (κ2) is 9.79. The SMILES string of the molecule is COc1ccccc1-c1cc(C(F)(F)F)ncc1C(=O)Nc1nc2ncc(-c3ccc(Cl)cc3)cc2s1. The van der Waals surface area contributed by atoms with Crippen molar-refractivity contribution < 1.29 is 22.7 Å². The maximum Gasteiger partial charge on any atom is 0.433 e. The van der Waals surface area contributed by atoms with Gasteiger partial charge < -0.3 is 4.74 Å². The molecule has 0 saturated carbocycles. The molecule has 0 aliphatic heterocycles. The number of alkyl halides is 3. The average molecular weight is 541 g/mol. The zero-order valence-corrected chi connectivity index (χ0v) is 20.6. The van der Waals surface area contributed by atoms with Crippen LogP contribution in [0.25, 0.3) is 32.6 Å². The monoisotopic (exact) mass is 540 g/mol. The van der Waals surface area contributed by atoms with Gasteiger partial charge in [0.1, 0.15) is 11.4 Å². The average Bonchev–Trinajstić information content (AvgIpc) is 3.29. The number of nitrogens with one attached hydrogen (secondary N) is 1. The molecule has 37 heavy (non-hydrogen) atoms. The number of halogens is 4. The van der Waals surface area contributed by atoms with Crippen molar-refractivity contribution in [1.82, 2.24) is 15.0 Å². The molecule has 0 fully saturated rings. The van der Waals surface area contributed by atoms with Gasteiger partial charge >= 0.3 is 6.18 Å². The van der Waals surface area contributed by atoms with Crippen LogP contribution < -0.4 is 10.1 Å². The summed E-state index contributed by atoms with van der Waals surface area (Å²) in [5, 5.41) is 3.53. The van der Waals surface area contributed by atoms with Crippen LogP contribution in [-0.2, 0) is 6.18 Å². The molecular formula is C26H16ClF3N4O2S. The summed E-state index contributed by atoms with van der Waals surface area (Å²) < 4.78 is 46.3. The second-order valence-electron chi connectivity index (χ2n) is 7.84. The van der Waals surface area contributed by atoms with Gasteiger partial charge in [-0.2, -0.15) is 18.2 Å². The van der Waals surface area contributed by atoms with Crippen molar-refractivity contribution >= 4 is 44.3 Å². The number of nitrogens with zero attached hydrogens (tertiary/aromatic N) is 3. The van der Waals surface area contributed by atoms with E-state index in [1.54, 1.807) is 42.6 Å². The number of benzene rings is 2. The van der Waals surface area contributed by atoms with Gasteiger partial charge in [0.25, 0.3) is 5.91 Å². The molecule has 5 aromatic rings. The molecule has 3 aromatic heterocycles. The smallest absolute Gasteiger partial charge is 0.433 e. The number of carbonyl (C=O) groups excluding carboxylic acids is 1. The van der Waals surface area contributed by atoms with Crippen molar-refractivity contribution in [3.8, 4) is 28.0 Å². The van der Waals surface area contributed by atoms with Crippen molar-refractivity contribution in [2.45, 2.75) is 6.18 Å². The van der Waals surface area contributed by atoms with E-state index in [1.807, 2.05) is 18.2 Å². The van der Waals surface area contributed by atoms with Gasteiger partial charge in [-0.05, 0) is 35.9 Å². The molecule has 11 heteroatoms. The van der Waals surface area contributed by atoms with Crippen LogP contribution in [0.1, 0.15) is 16.1 Å². The van der Waals surface area contributed by atoms with Crippen LogP contribution in [0.2, 0.25) is 5.02 Å². The lowest BCUT2D eigenvalue weighted by molar-refractivity contribution is -0.141. The third-order valence-corrected chi connectivity index (χ3v) is 6.64. The molecule has 2 aromatic carbocycles. The molecule has 0 unspecified atom stereocenters. The van der Waals surface area contributed by atoms with Gasteiger partial charge in [-0.15, -0.1) is 0 Å². The van der Waals surface area contributed by atoms with Crippen molar-refractivity contribution in [1.29, 1.82) is 0 Å². The number of methoxy groups -OCH3 is 1. The van der Waals surface area contributed by atoms with Gasteiger partial charge in [-0.3, -0.25) is 15.1 Å². The summed E-state index contributed by atoms with van der Waals surface area (Å²) in [4.78, 5) is 25.4. The first-order chi connectivity index (χ1) is 17.7. The number of aromatic nitrogens is 3. The predicted octanol–water partition coefficient (Wildman–Crippen LogP) is 7.35. The highest BCUT2D eigenvalue weighted by Crippen LogP contribution is 2.37. The van der Waals surface area contributed by atoms with Crippen molar-refractivity contribution in [3.63, 3.8) is 0 Å². The number of para-hydroxylation sites is 1. The minimum Gasteiger partial charge on any atom is -0.496 e. The predicted molar refractivity (Wildman–Crippen MR) is 137 cm³/mol. The molecule has 6 nitrogen and oxygen atoms in total. The van der Waals surface area contributed by atoms with E-state index in [1.165, 1.54) is 18.4 Å². The zero-order valence-electron chi connectivity index (χ0n) is 19.0. The van der Waals surface area contributed by atoms with Crippen molar-refractivity contribution in [2.24, 2.45) is 0 Å². The minimum atomic E-state index is -4.69. The number of fused-ring (bicyclic) bond motifs is 1. The van der Waals surface area contributed by atoms with Gasteiger partial charge in [0.15, 0.2) is 10.8 Å². The summed E-state index contributed by atoms with van der Waals surface area (Å²) in [6.45, 7) is 0. The van der Waals surface area contributed by atoms with E-state index in [9.17, 15) is 18.0 Å². The Labute approximate surface area is 217 Å². The van der Waals surface area contributed by atoms with Crippen LogP contribution in [-0.4, -0.2) is 28.0 Å². The topological polar surface area (TPSA) is 77.0 Å². The van der Waals surface area contributed by atoms with E-state index < -0.39 is 17.8 Å². The standard InChI is InChI=1S/C26H16ClF3N4O2S/c1-36-20-5-3-2-4-17(20)18-11-22(26(28,29)30)31-13-19(18)24(35)34-25-33-23-21(37-25)10-15(12-32-23)14-6-8-16(27)9-7-14/h2-13H,1H3,(H,32,33,34,35). The lowest BCUT2D eigenvalue weighted by Gasteiger charge is -2.15. The molecule has 0 aliphatic rings. The molecule has 0 aliphatic carbocycles. The van der Waals surface area contributed by atoms with E-state index in [0.717, 1.165) is 28.1 Å². The van der Waals surface area contributed by atoms with Crippen LogP contribution in [0.4, 0.5) is 18.3 Å². The molecule has 3 heterocycles. The molecule has 0 bridgehead atoms. The van der Waals surface area contributed by atoms with Gasteiger partial charge in [0.05, 0.1) is 17.4 Å². The Morgan fingerprint density at radius 3 is 2.46 bits per heavy atom. The molecule has 5 rings (SSSR count). The number of carbonyl (C=O) groups is 1. The fourth-order valence-corrected chi connectivity index (χ4v) is 4.70. The maximum atomic E-state index is 13.4. The van der Waals surface area contributed by atoms with Crippen LogP contribution in [0.3, 0.4) is 0 Å². The summed E-state index contributed by atoms with van der Waals surface area (Å²) in [7, 11) is 1.40. The van der Waals surface area contributed by atoms with Gasteiger partial charge in [0.2, 0.25) is 0 Å². The Morgan fingerprint density at radius 2 is 1.73 bits per heavy atom. The third kappa shape index (κ3) is 5.11. The Hall–Kier alpha value is -4.02. The number of thiazole rings is 1. The van der Waals surface area contributed by atoms with E-state index in [2.05, 4.69) is 20.3 Å². The van der Waals surface area contributed by atoms with E-state index >= 15 is 0 Å². The first-order valence-corrected chi connectivity index (χ1v) is 12.0. The quantitative estimate of drug-likeness (QED) is 0.252. The number of hydrogen-bond donors (Lipinski definition) is 1. The van der Waals surface area contributed by atoms with Gasteiger partial charge in [-0.1, -0.05) is 53.3 Å². The summed E-state index contributed by atoms with van der Waals surface area (Å²) in [6, 6.07) is 16.5. The molecule has 0 atom stereocenters. The van der Waals surface area contributed by atoms with Gasteiger partial charge in [0, 0.05) is 34.1 Å². The normalized spacial score (nSPS) is 11.5. The van der Waals surface area contributed by atoms with Crippen LogP contribution >= 0.6 is 22.9 Å². The number of rotatable bonds is 5. The minimum absolute atomic E-state index is 0.0292. The van der Waals surface area contributed by atoms with Crippen LogP contribution in [0.5, 0.6) is 5.75 Å². The number of hydrogen-bond acceptors (Lipinski definition) is 6. The molecule has 1 N–H and O–H groups in total. The second-order valence-corrected chi connectivity index (χ2v) is 9.31. The first-order valence-electron chi connectivity index (χ1n) is 10.8. The highest BCUT2D eigenvalue weighted by Gasteiger charge is 2.34. The Kier molecular flexibility index (Phi) is 6.53. The number of amides is 1. The van der Waals surface area contributed by atoms with Crippen molar-refractivity contribution in [3.05, 3.63) is 89.3 Å². The fraction of sp³-hybridized carbons (Fsp3) is 0.0769. The highest BCUT2D eigenvalue weighted by molar-refractivity contribution is 7.22. The van der Waals surface area contributed by atoms with E-state index in [0.29, 0.717) is 22.0 Å². The first kappa shape index (κ1) is 24.7. The molecule has 186 valence electrons. The Bertz CT molecular complexity index is 1620. The Balaban J connectivity index is 1.50. The summed E-state index contributed by atoms with van der Waals surface area (Å²) >= 11 is 7.16. The molecule has 0 spiro atoms. The summed E-state index contributed by atoms with van der Waals surface area (Å²) in [5.41, 5.74) is 1.35. The molecular weight excluding hydrogens is 525 g/mol. The number of ether oxygens (including phenoxy) is 1. The lowest BCUT2D eigenvalue weighted by atomic mass is 9.99. The highest BCUT2D eigenvalue weighted by atomic mass is 35.5. The molecule has 0 saturated heterocycles. The zero-order chi connectivity index (χ0) is 26.2. The van der Waals surface area contributed by atoms with E-state index in [-0.39, 0.29) is 16.3 Å². The molecule has 0 radical (unpaired) electrons. The van der Waals surface area contributed by atoms with E-state index in [4.69, 9.17) is 16.3 Å². The summed E-state index contributed by atoms with van der Waals surface area (Å²) in [5.74, 6) is -0.353. The van der Waals surface area contributed by atoms with Crippen LogP contribution in [0, 0.1) is 0 Å². The number of anilines is 1.